The van der Waals surface area contributed by atoms with Gasteiger partial charge in [0.05, 0.1) is 5.84 Å². The van der Waals surface area contributed by atoms with Crippen molar-refractivity contribution in [2.45, 2.75) is 26.2 Å². The number of nitrogens with zero attached hydrogens (tertiary/aromatic N) is 2. The molecule has 0 amide bonds. The molecule has 0 radical (unpaired) electrons. The van der Waals surface area contributed by atoms with Crippen LogP contribution in [0.5, 0.6) is 0 Å². The SMILES string of the molecule is CCCC1=NCCCN1C. The third-order valence-electron chi connectivity index (χ3n) is 1.86. The highest BCUT2D eigenvalue weighted by molar-refractivity contribution is 5.82. The van der Waals surface area contributed by atoms with Gasteiger partial charge in [0.1, 0.15) is 0 Å². The molecule has 0 spiro atoms. The van der Waals surface area contributed by atoms with E-state index in [4.69, 9.17) is 0 Å². The van der Waals surface area contributed by atoms with E-state index >= 15 is 0 Å². The van der Waals surface area contributed by atoms with E-state index in [0.717, 1.165) is 13.0 Å². The molecule has 2 nitrogen and oxygen atoms in total. The maximum absolute atomic E-state index is 4.44. The van der Waals surface area contributed by atoms with Crippen LogP contribution in [-0.4, -0.2) is 30.9 Å². The summed E-state index contributed by atoms with van der Waals surface area (Å²) in [6, 6.07) is 0. The standard InChI is InChI=1S/C8H16N2/c1-3-5-8-9-6-4-7-10(8)2/h3-7H2,1-2H3. The number of hydrogen-bond acceptors (Lipinski definition) is 2. The van der Waals surface area contributed by atoms with Gasteiger partial charge in [-0.2, -0.15) is 0 Å². The van der Waals surface area contributed by atoms with Crippen molar-refractivity contribution in [2.75, 3.05) is 20.1 Å². The summed E-state index contributed by atoms with van der Waals surface area (Å²) >= 11 is 0. The first-order chi connectivity index (χ1) is 4.84. The molecule has 0 unspecified atom stereocenters. The second-order valence-corrected chi connectivity index (χ2v) is 2.82. The number of aliphatic imine (C=N–C) groups is 1. The largest absolute Gasteiger partial charge is 0.363 e. The summed E-state index contributed by atoms with van der Waals surface area (Å²) in [5, 5.41) is 0. The fourth-order valence-corrected chi connectivity index (χ4v) is 1.26. The summed E-state index contributed by atoms with van der Waals surface area (Å²) in [6.07, 6.45) is 3.59. The van der Waals surface area contributed by atoms with Crippen molar-refractivity contribution in [1.29, 1.82) is 0 Å². The van der Waals surface area contributed by atoms with Gasteiger partial charge in [0.2, 0.25) is 0 Å². The fraction of sp³-hybridized carbons (Fsp3) is 0.875. The molecular weight excluding hydrogens is 124 g/mol. The topological polar surface area (TPSA) is 15.6 Å². The first-order valence-electron chi connectivity index (χ1n) is 4.09. The summed E-state index contributed by atoms with van der Waals surface area (Å²) in [4.78, 5) is 6.71. The molecule has 0 aromatic heterocycles. The predicted molar refractivity (Wildman–Crippen MR) is 44.5 cm³/mol. The Balaban J connectivity index is 2.44. The van der Waals surface area contributed by atoms with Gasteiger partial charge in [-0.1, -0.05) is 6.92 Å². The summed E-state index contributed by atoms with van der Waals surface area (Å²) in [6.45, 7) is 4.43. The third kappa shape index (κ3) is 1.72. The van der Waals surface area contributed by atoms with Gasteiger partial charge in [0, 0.05) is 26.6 Å². The maximum atomic E-state index is 4.44. The summed E-state index contributed by atoms with van der Waals surface area (Å²) in [7, 11) is 2.13. The van der Waals surface area contributed by atoms with E-state index in [1.54, 1.807) is 0 Å². The Labute approximate surface area is 62.9 Å². The molecule has 1 rings (SSSR count). The van der Waals surface area contributed by atoms with Crippen LogP contribution >= 0.6 is 0 Å². The lowest BCUT2D eigenvalue weighted by molar-refractivity contribution is 0.455. The van der Waals surface area contributed by atoms with Crippen LogP contribution in [0.15, 0.2) is 4.99 Å². The first kappa shape index (κ1) is 7.58. The normalized spacial score (nSPS) is 19.0. The summed E-state index contributed by atoms with van der Waals surface area (Å²) in [5.41, 5.74) is 0. The quantitative estimate of drug-likeness (QED) is 0.568. The van der Waals surface area contributed by atoms with Crippen LogP contribution < -0.4 is 0 Å². The van der Waals surface area contributed by atoms with Crippen molar-refractivity contribution >= 4 is 5.84 Å². The van der Waals surface area contributed by atoms with E-state index in [1.807, 2.05) is 0 Å². The molecule has 1 heterocycles. The zero-order valence-corrected chi connectivity index (χ0v) is 6.93. The van der Waals surface area contributed by atoms with Crippen molar-refractivity contribution in [3.05, 3.63) is 0 Å². The zero-order valence-electron chi connectivity index (χ0n) is 6.93. The molecule has 10 heavy (non-hydrogen) atoms. The van der Waals surface area contributed by atoms with Gasteiger partial charge in [-0.25, -0.2) is 0 Å². The molecular formula is C8H16N2. The minimum Gasteiger partial charge on any atom is -0.363 e. The molecule has 0 N–H and O–H groups in total. The average Bonchev–Trinajstić information content (AvgIpc) is 1.94. The molecule has 0 atom stereocenters. The Morgan fingerprint density at radius 1 is 1.60 bits per heavy atom. The highest BCUT2D eigenvalue weighted by Crippen LogP contribution is 2.04. The lowest BCUT2D eigenvalue weighted by Gasteiger charge is -2.24. The molecule has 0 aliphatic carbocycles. The molecule has 1 aliphatic rings. The second kappa shape index (κ2) is 3.59. The van der Waals surface area contributed by atoms with Crippen molar-refractivity contribution in [3.63, 3.8) is 0 Å². The number of rotatable bonds is 2. The lowest BCUT2D eigenvalue weighted by atomic mass is 10.2. The van der Waals surface area contributed by atoms with Gasteiger partial charge in [0.25, 0.3) is 0 Å². The Morgan fingerprint density at radius 3 is 3.00 bits per heavy atom. The predicted octanol–water partition coefficient (Wildman–Crippen LogP) is 1.52. The highest BCUT2D eigenvalue weighted by Gasteiger charge is 2.08. The minimum atomic E-state index is 1.04. The molecule has 0 saturated heterocycles. The first-order valence-corrected chi connectivity index (χ1v) is 4.09. The fourth-order valence-electron chi connectivity index (χ4n) is 1.26. The van der Waals surface area contributed by atoms with Gasteiger partial charge < -0.3 is 4.90 Å². The van der Waals surface area contributed by atoms with Gasteiger partial charge in [-0.05, 0) is 12.8 Å². The van der Waals surface area contributed by atoms with E-state index in [2.05, 4.69) is 23.9 Å². The molecule has 1 aliphatic heterocycles. The van der Waals surface area contributed by atoms with Crippen molar-refractivity contribution < 1.29 is 0 Å². The molecule has 0 aromatic carbocycles. The van der Waals surface area contributed by atoms with E-state index in [0.29, 0.717) is 0 Å². The minimum absolute atomic E-state index is 1.04. The Morgan fingerprint density at radius 2 is 2.40 bits per heavy atom. The molecule has 2 heteroatoms. The van der Waals surface area contributed by atoms with Gasteiger partial charge in [0.15, 0.2) is 0 Å². The van der Waals surface area contributed by atoms with Crippen molar-refractivity contribution in [3.8, 4) is 0 Å². The van der Waals surface area contributed by atoms with E-state index in [9.17, 15) is 0 Å². The number of hydrogen-bond donors (Lipinski definition) is 0. The zero-order chi connectivity index (χ0) is 7.40. The number of amidine groups is 1. The van der Waals surface area contributed by atoms with Gasteiger partial charge >= 0.3 is 0 Å². The highest BCUT2D eigenvalue weighted by atomic mass is 15.2. The van der Waals surface area contributed by atoms with Crippen LogP contribution in [0.25, 0.3) is 0 Å². The van der Waals surface area contributed by atoms with Crippen molar-refractivity contribution in [1.82, 2.24) is 4.90 Å². The second-order valence-electron chi connectivity index (χ2n) is 2.82. The monoisotopic (exact) mass is 140 g/mol. The molecule has 58 valence electrons. The van der Waals surface area contributed by atoms with Crippen LogP contribution in [0.3, 0.4) is 0 Å². The molecule has 0 bridgehead atoms. The van der Waals surface area contributed by atoms with E-state index in [-0.39, 0.29) is 0 Å². The Kier molecular flexibility index (Phi) is 2.72. The Bertz CT molecular complexity index is 129. The van der Waals surface area contributed by atoms with Crippen LogP contribution in [-0.2, 0) is 0 Å². The summed E-state index contributed by atoms with van der Waals surface area (Å²) in [5.74, 6) is 1.30. The molecule has 0 aromatic rings. The average molecular weight is 140 g/mol. The van der Waals surface area contributed by atoms with Crippen LogP contribution in [0.1, 0.15) is 26.2 Å². The van der Waals surface area contributed by atoms with E-state index in [1.165, 1.54) is 25.2 Å². The Hall–Kier alpha value is -0.530. The lowest BCUT2D eigenvalue weighted by Crippen LogP contribution is -2.31. The smallest absolute Gasteiger partial charge is 0.0986 e. The van der Waals surface area contributed by atoms with Crippen molar-refractivity contribution in [2.24, 2.45) is 4.99 Å². The van der Waals surface area contributed by atoms with Crippen LogP contribution in [0, 0.1) is 0 Å². The van der Waals surface area contributed by atoms with Gasteiger partial charge in [-0.3, -0.25) is 4.99 Å². The third-order valence-corrected chi connectivity index (χ3v) is 1.86. The van der Waals surface area contributed by atoms with E-state index < -0.39 is 0 Å². The summed E-state index contributed by atoms with van der Waals surface area (Å²) < 4.78 is 0. The van der Waals surface area contributed by atoms with Gasteiger partial charge in [-0.15, -0.1) is 0 Å². The van der Waals surface area contributed by atoms with Crippen LogP contribution in [0.2, 0.25) is 0 Å². The maximum Gasteiger partial charge on any atom is 0.0986 e. The molecule has 0 saturated carbocycles. The molecule has 0 fully saturated rings. The van der Waals surface area contributed by atoms with Crippen LogP contribution in [0.4, 0.5) is 0 Å².